The zero-order chi connectivity index (χ0) is 19.8. The van der Waals surface area contributed by atoms with Crippen molar-refractivity contribution in [2.24, 2.45) is 23.0 Å². The van der Waals surface area contributed by atoms with Gasteiger partial charge in [-0.1, -0.05) is 36.4 Å². The molecule has 0 saturated carbocycles. The molecular weight excluding hydrogens is 354 g/mol. The fourth-order valence-electron chi connectivity index (χ4n) is 3.27. The number of aromatic nitrogens is 2. The number of nitrogens with zero attached hydrogens (tertiary/aromatic N) is 4. The first-order valence-electron chi connectivity index (χ1n) is 8.75. The van der Waals surface area contributed by atoms with Crippen LogP contribution >= 0.6 is 0 Å². The first-order chi connectivity index (χ1) is 13.5. The summed E-state index contributed by atoms with van der Waals surface area (Å²) in [5.74, 6) is 0.313. The Morgan fingerprint density at radius 1 is 1.04 bits per heavy atom. The molecule has 7 nitrogen and oxygen atoms in total. The number of benzene rings is 2. The number of rotatable bonds is 3. The van der Waals surface area contributed by atoms with Gasteiger partial charge in [0, 0.05) is 23.9 Å². The predicted octanol–water partition coefficient (Wildman–Crippen LogP) is 2.35. The summed E-state index contributed by atoms with van der Waals surface area (Å²) in [4.78, 5) is 13.3. The van der Waals surface area contributed by atoms with Gasteiger partial charge < -0.3 is 10.8 Å². The standard InChI is InChI=1S/C21H19N5O2/c1-13-18(21(28)26(25(13)2)15-9-4-3-5-10-15)19-16(20(22)24-23-19)12-14-8-6-7-11-17(14)27/h3-12,27H,1-2H3,(H2,22,24)/b16-12+. The Morgan fingerprint density at radius 2 is 1.71 bits per heavy atom. The summed E-state index contributed by atoms with van der Waals surface area (Å²) in [5, 5.41) is 18.2. The van der Waals surface area contributed by atoms with Gasteiger partial charge in [-0.15, -0.1) is 10.2 Å². The summed E-state index contributed by atoms with van der Waals surface area (Å²) in [6.07, 6.45) is 1.69. The number of hydrogen-bond acceptors (Lipinski definition) is 5. The van der Waals surface area contributed by atoms with E-state index in [9.17, 15) is 9.90 Å². The van der Waals surface area contributed by atoms with Crippen molar-refractivity contribution in [1.29, 1.82) is 0 Å². The molecule has 0 aliphatic carbocycles. The maximum atomic E-state index is 13.3. The average Bonchev–Trinajstić information content (AvgIpc) is 3.15. The predicted molar refractivity (Wildman–Crippen MR) is 110 cm³/mol. The van der Waals surface area contributed by atoms with Crippen molar-refractivity contribution in [3.63, 3.8) is 0 Å². The highest BCUT2D eigenvalue weighted by Gasteiger charge is 2.27. The van der Waals surface area contributed by atoms with E-state index in [2.05, 4.69) is 10.2 Å². The third-order valence-electron chi connectivity index (χ3n) is 4.82. The molecule has 4 rings (SSSR count). The van der Waals surface area contributed by atoms with Crippen molar-refractivity contribution >= 4 is 17.6 Å². The van der Waals surface area contributed by atoms with E-state index in [1.165, 1.54) is 0 Å². The minimum absolute atomic E-state index is 0.112. The van der Waals surface area contributed by atoms with Crippen molar-refractivity contribution in [2.75, 3.05) is 0 Å². The molecule has 0 spiro atoms. The van der Waals surface area contributed by atoms with Gasteiger partial charge in [0.25, 0.3) is 5.56 Å². The van der Waals surface area contributed by atoms with Crippen molar-refractivity contribution in [3.05, 3.63) is 87.3 Å². The Bertz CT molecular complexity index is 1210. The molecule has 0 amide bonds. The number of nitrogens with two attached hydrogens (primary N) is 1. The molecule has 1 aliphatic rings. The van der Waals surface area contributed by atoms with Crippen LogP contribution in [-0.2, 0) is 7.05 Å². The lowest BCUT2D eigenvalue weighted by atomic mass is 10.00. The Morgan fingerprint density at radius 3 is 2.43 bits per heavy atom. The van der Waals surface area contributed by atoms with Crippen LogP contribution in [0.15, 0.2) is 75.2 Å². The zero-order valence-corrected chi connectivity index (χ0v) is 15.5. The van der Waals surface area contributed by atoms with Gasteiger partial charge in [0.05, 0.1) is 11.3 Å². The van der Waals surface area contributed by atoms with Crippen molar-refractivity contribution in [3.8, 4) is 11.4 Å². The van der Waals surface area contributed by atoms with Crippen LogP contribution in [-0.4, -0.2) is 26.0 Å². The van der Waals surface area contributed by atoms with Gasteiger partial charge in [-0.2, -0.15) is 0 Å². The van der Waals surface area contributed by atoms with E-state index < -0.39 is 0 Å². The molecular formula is C21H19N5O2. The largest absolute Gasteiger partial charge is 0.507 e. The lowest BCUT2D eigenvalue weighted by Gasteiger charge is -2.07. The summed E-state index contributed by atoms with van der Waals surface area (Å²) >= 11 is 0. The van der Waals surface area contributed by atoms with E-state index in [0.717, 1.165) is 11.4 Å². The molecule has 140 valence electrons. The second-order valence-electron chi connectivity index (χ2n) is 6.49. The Kier molecular flexibility index (Phi) is 4.19. The number of para-hydroxylation sites is 2. The van der Waals surface area contributed by atoms with Gasteiger partial charge >= 0.3 is 0 Å². The molecule has 0 saturated heterocycles. The molecule has 0 unspecified atom stereocenters. The second kappa shape index (κ2) is 6.70. The van der Waals surface area contributed by atoms with Crippen molar-refractivity contribution in [2.45, 2.75) is 6.92 Å². The van der Waals surface area contributed by atoms with Crippen LogP contribution < -0.4 is 11.3 Å². The Labute approximate surface area is 161 Å². The van der Waals surface area contributed by atoms with E-state index in [1.807, 2.05) is 44.3 Å². The normalized spacial score (nSPS) is 15.0. The highest BCUT2D eigenvalue weighted by molar-refractivity contribution is 6.34. The zero-order valence-electron chi connectivity index (χ0n) is 15.5. The van der Waals surface area contributed by atoms with Crippen molar-refractivity contribution < 1.29 is 5.11 Å². The van der Waals surface area contributed by atoms with Gasteiger partial charge in [-0.25, -0.2) is 4.68 Å². The fraction of sp³-hybridized carbons (Fsp3) is 0.0952. The third kappa shape index (κ3) is 2.73. The molecule has 1 aliphatic heterocycles. The van der Waals surface area contributed by atoms with E-state index in [4.69, 9.17) is 5.73 Å². The molecule has 7 heteroatoms. The summed E-state index contributed by atoms with van der Waals surface area (Å²) in [6.45, 7) is 1.85. The van der Waals surface area contributed by atoms with Crippen molar-refractivity contribution in [1.82, 2.24) is 9.36 Å². The number of aromatic hydroxyl groups is 1. The highest BCUT2D eigenvalue weighted by atomic mass is 16.3. The molecule has 3 aromatic rings. The Hall–Kier alpha value is -3.87. The minimum atomic E-state index is -0.210. The van der Waals surface area contributed by atoms with Crippen LogP contribution in [0.2, 0.25) is 0 Å². The maximum absolute atomic E-state index is 13.3. The molecule has 0 fully saturated rings. The molecule has 0 radical (unpaired) electrons. The third-order valence-corrected chi connectivity index (χ3v) is 4.82. The smallest absolute Gasteiger partial charge is 0.281 e. The molecule has 0 bridgehead atoms. The topological polar surface area (TPSA) is 97.9 Å². The van der Waals surface area contributed by atoms with Crippen LogP contribution in [0.4, 0.5) is 0 Å². The van der Waals surface area contributed by atoms with Gasteiger partial charge in [-0.3, -0.25) is 9.48 Å². The maximum Gasteiger partial charge on any atom is 0.281 e. The van der Waals surface area contributed by atoms with E-state index >= 15 is 0 Å². The molecule has 28 heavy (non-hydrogen) atoms. The van der Waals surface area contributed by atoms with Gasteiger partial charge in [0.1, 0.15) is 11.5 Å². The molecule has 0 atom stereocenters. The van der Waals surface area contributed by atoms with E-state index in [1.54, 1.807) is 39.7 Å². The van der Waals surface area contributed by atoms with E-state index in [0.29, 0.717) is 22.4 Å². The summed E-state index contributed by atoms with van der Waals surface area (Å²) in [6, 6.07) is 16.3. The van der Waals surface area contributed by atoms with Crippen LogP contribution in [0.3, 0.4) is 0 Å². The van der Waals surface area contributed by atoms with Crippen LogP contribution in [0.1, 0.15) is 16.8 Å². The molecule has 3 N–H and O–H groups in total. The quantitative estimate of drug-likeness (QED) is 0.737. The van der Waals surface area contributed by atoms with Gasteiger partial charge in [0.2, 0.25) is 0 Å². The lowest BCUT2D eigenvalue weighted by molar-refractivity contribution is 0.474. The molecule has 2 heterocycles. The summed E-state index contributed by atoms with van der Waals surface area (Å²) in [5.41, 5.74) is 9.21. The van der Waals surface area contributed by atoms with Crippen LogP contribution in [0.25, 0.3) is 11.8 Å². The van der Waals surface area contributed by atoms with Crippen LogP contribution in [0.5, 0.6) is 5.75 Å². The number of hydrogen-bond donors (Lipinski definition) is 2. The number of amidine groups is 1. The Balaban J connectivity index is 1.88. The fourth-order valence-corrected chi connectivity index (χ4v) is 3.27. The summed E-state index contributed by atoms with van der Waals surface area (Å²) < 4.78 is 3.36. The average molecular weight is 373 g/mol. The minimum Gasteiger partial charge on any atom is -0.507 e. The number of phenolic OH excluding ortho intramolecular Hbond substituents is 1. The molecule has 2 aromatic carbocycles. The first-order valence-corrected chi connectivity index (χ1v) is 8.75. The second-order valence-corrected chi connectivity index (χ2v) is 6.49. The monoisotopic (exact) mass is 373 g/mol. The molecule has 1 aromatic heterocycles. The first kappa shape index (κ1) is 17.5. The van der Waals surface area contributed by atoms with Crippen LogP contribution in [0, 0.1) is 6.92 Å². The van der Waals surface area contributed by atoms with Gasteiger partial charge in [-0.05, 0) is 31.2 Å². The lowest BCUT2D eigenvalue weighted by Crippen LogP contribution is -2.25. The number of phenols is 1. The van der Waals surface area contributed by atoms with Gasteiger partial charge in [0.15, 0.2) is 5.84 Å². The summed E-state index contributed by atoms with van der Waals surface area (Å²) in [7, 11) is 1.82. The highest BCUT2D eigenvalue weighted by Crippen LogP contribution is 2.24. The SMILES string of the molecule is Cc1c(C2=NN=C(N)/C2=C/c2ccccc2O)c(=O)n(-c2ccccc2)n1C. The van der Waals surface area contributed by atoms with E-state index in [-0.39, 0.29) is 17.1 Å².